The summed E-state index contributed by atoms with van der Waals surface area (Å²) in [5.74, 6) is 0.421. The topological polar surface area (TPSA) is 61.8 Å². The molecular weight excluding hydrogens is 452 g/mol. The van der Waals surface area contributed by atoms with Crippen LogP contribution in [0.2, 0.25) is 0 Å². The van der Waals surface area contributed by atoms with Crippen molar-refractivity contribution in [2.75, 3.05) is 0 Å². The summed E-state index contributed by atoms with van der Waals surface area (Å²) in [5, 5.41) is 0. The minimum Gasteiger partial charge on any atom is -0.461 e. The van der Waals surface area contributed by atoms with E-state index < -0.39 is 5.97 Å². The standard InChI is InChI=1S/C31H26O5/c1-3-31(33)35-21-26-15-14-25(24-10-6-4-7-11-24)19-30(26)27-16-23(20-34-22(2)32)17-29(18-27)36-28-12-8-5-9-13-28/h3-19H,1,20-21H2,2H3. The van der Waals surface area contributed by atoms with Crippen LogP contribution in [0.1, 0.15) is 18.1 Å². The maximum atomic E-state index is 11.8. The quantitative estimate of drug-likeness (QED) is 0.190. The lowest BCUT2D eigenvalue weighted by molar-refractivity contribution is -0.142. The second-order valence-electron chi connectivity index (χ2n) is 8.11. The molecule has 0 amide bonds. The molecule has 0 spiro atoms. The Balaban J connectivity index is 1.81. The van der Waals surface area contributed by atoms with E-state index in [4.69, 9.17) is 14.2 Å². The van der Waals surface area contributed by atoms with Crippen molar-refractivity contribution in [1.29, 1.82) is 0 Å². The van der Waals surface area contributed by atoms with E-state index in [1.165, 1.54) is 6.92 Å². The predicted molar refractivity (Wildman–Crippen MR) is 139 cm³/mol. The molecule has 0 unspecified atom stereocenters. The van der Waals surface area contributed by atoms with E-state index in [-0.39, 0.29) is 19.2 Å². The van der Waals surface area contributed by atoms with Crippen LogP contribution in [0.15, 0.2) is 110 Å². The third-order valence-corrected chi connectivity index (χ3v) is 5.45. The van der Waals surface area contributed by atoms with Gasteiger partial charge in [0.1, 0.15) is 24.7 Å². The second kappa shape index (κ2) is 11.7. The molecule has 0 aliphatic heterocycles. The van der Waals surface area contributed by atoms with Gasteiger partial charge >= 0.3 is 11.9 Å². The number of ether oxygens (including phenoxy) is 3. The SMILES string of the molecule is C=CC(=O)OCc1ccc(-c2ccccc2)cc1-c1cc(COC(C)=O)cc(Oc2ccccc2)c1. The molecule has 0 aliphatic carbocycles. The third-order valence-electron chi connectivity index (χ3n) is 5.45. The fourth-order valence-electron chi connectivity index (χ4n) is 3.76. The molecule has 36 heavy (non-hydrogen) atoms. The highest BCUT2D eigenvalue weighted by atomic mass is 16.5. The number of carbonyl (C=O) groups excluding carboxylic acids is 2. The van der Waals surface area contributed by atoms with Crippen molar-refractivity contribution in [3.05, 3.63) is 121 Å². The Morgan fingerprint density at radius 2 is 1.44 bits per heavy atom. The lowest BCUT2D eigenvalue weighted by atomic mass is 9.93. The molecule has 180 valence electrons. The highest BCUT2D eigenvalue weighted by Crippen LogP contribution is 2.34. The van der Waals surface area contributed by atoms with Crippen molar-refractivity contribution in [3.8, 4) is 33.8 Å². The molecule has 0 heterocycles. The van der Waals surface area contributed by atoms with Gasteiger partial charge in [-0.2, -0.15) is 0 Å². The molecular formula is C31H26O5. The zero-order chi connectivity index (χ0) is 25.3. The molecule has 4 rings (SSSR count). The van der Waals surface area contributed by atoms with Crippen LogP contribution < -0.4 is 4.74 Å². The Morgan fingerprint density at radius 3 is 2.14 bits per heavy atom. The molecule has 0 atom stereocenters. The first-order chi connectivity index (χ1) is 17.5. The van der Waals surface area contributed by atoms with Gasteiger partial charge in [0.05, 0.1) is 0 Å². The molecule has 0 aromatic heterocycles. The van der Waals surface area contributed by atoms with Crippen LogP contribution >= 0.6 is 0 Å². The van der Waals surface area contributed by atoms with E-state index >= 15 is 0 Å². The highest BCUT2D eigenvalue weighted by molar-refractivity contribution is 5.82. The van der Waals surface area contributed by atoms with Crippen LogP contribution in [0, 0.1) is 0 Å². The third kappa shape index (κ3) is 6.48. The molecule has 0 radical (unpaired) electrons. The van der Waals surface area contributed by atoms with Gasteiger partial charge in [0.25, 0.3) is 0 Å². The summed E-state index contributed by atoms with van der Waals surface area (Å²) in [6.45, 7) is 5.03. The van der Waals surface area contributed by atoms with Gasteiger partial charge in [-0.25, -0.2) is 4.79 Å². The van der Waals surface area contributed by atoms with Crippen molar-refractivity contribution in [3.63, 3.8) is 0 Å². The number of esters is 2. The first-order valence-corrected chi connectivity index (χ1v) is 11.5. The summed E-state index contributed by atoms with van der Waals surface area (Å²) in [5.41, 5.74) is 5.38. The van der Waals surface area contributed by atoms with E-state index in [1.54, 1.807) is 0 Å². The summed E-state index contributed by atoms with van der Waals surface area (Å²) in [6, 6.07) is 31.2. The average molecular weight is 479 g/mol. The summed E-state index contributed by atoms with van der Waals surface area (Å²) in [4.78, 5) is 23.2. The first-order valence-electron chi connectivity index (χ1n) is 11.5. The predicted octanol–water partition coefficient (Wildman–Crippen LogP) is 7.11. The van der Waals surface area contributed by atoms with Gasteiger partial charge in [0, 0.05) is 13.0 Å². The summed E-state index contributed by atoms with van der Waals surface area (Å²) in [6.07, 6.45) is 1.14. The zero-order valence-corrected chi connectivity index (χ0v) is 20.0. The molecule has 0 saturated carbocycles. The smallest absolute Gasteiger partial charge is 0.330 e. The van der Waals surface area contributed by atoms with Gasteiger partial charge < -0.3 is 14.2 Å². The van der Waals surface area contributed by atoms with Gasteiger partial charge in [-0.15, -0.1) is 0 Å². The largest absolute Gasteiger partial charge is 0.461 e. The Bertz CT molecular complexity index is 1360. The number of carbonyl (C=O) groups is 2. The fourth-order valence-corrected chi connectivity index (χ4v) is 3.76. The number of para-hydroxylation sites is 1. The second-order valence-corrected chi connectivity index (χ2v) is 8.11. The first kappa shape index (κ1) is 24.5. The molecule has 0 bridgehead atoms. The van der Waals surface area contributed by atoms with Gasteiger partial charge in [0.15, 0.2) is 0 Å². The Kier molecular flexibility index (Phi) is 7.94. The number of rotatable bonds is 9. The molecule has 4 aromatic rings. The maximum Gasteiger partial charge on any atom is 0.330 e. The zero-order valence-electron chi connectivity index (χ0n) is 20.0. The molecule has 5 nitrogen and oxygen atoms in total. The Labute approximate surface area is 210 Å². The van der Waals surface area contributed by atoms with Crippen molar-refractivity contribution < 1.29 is 23.8 Å². The molecule has 0 saturated heterocycles. The van der Waals surface area contributed by atoms with Crippen molar-refractivity contribution in [2.24, 2.45) is 0 Å². The fraction of sp³-hybridized carbons (Fsp3) is 0.0968. The lowest BCUT2D eigenvalue weighted by Crippen LogP contribution is -2.03. The van der Waals surface area contributed by atoms with E-state index in [0.29, 0.717) is 11.5 Å². The van der Waals surface area contributed by atoms with Crippen molar-refractivity contribution in [1.82, 2.24) is 0 Å². The summed E-state index contributed by atoms with van der Waals surface area (Å²) < 4.78 is 16.7. The summed E-state index contributed by atoms with van der Waals surface area (Å²) >= 11 is 0. The van der Waals surface area contributed by atoms with Crippen molar-refractivity contribution in [2.45, 2.75) is 20.1 Å². The van der Waals surface area contributed by atoms with Crippen LogP contribution in [0.3, 0.4) is 0 Å². The minimum absolute atomic E-state index is 0.0817. The number of hydrogen-bond donors (Lipinski definition) is 0. The molecule has 5 heteroatoms. The van der Waals surface area contributed by atoms with Crippen LogP contribution in [-0.2, 0) is 32.3 Å². The van der Waals surface area contributed by atoms with Crippen molar-refractivity contribution >= 4 is 11.9 Å². The monoisotopic (exact) mass is 478 g/mol. The van der Waals surface area contributed by atoms with Gasteiger partial charge in [-0.1, -0.05) is 67.2 Å². The molecule has 4 aromatic carbocycles. The highest BCUT2D eigenvalue weighted by Gasteiger charge is 2.13. The number of benzene rings is 4. The normalized spacial score (nSPS) is 10.4. The maximum absolute atomic E-state index is 11.8. The van der Waals surface area contributed by atoms with Crippen LogP contribution in [-0.4, -0.2) is 11.9 Å². The van der Waals surface area contributed by atoms with E-state index in [2.05, 4.69) is 12.6 Å². The van der Waals surface area contributed by atoms with Gasteiger partial charge in [0.2, 0.25) is 0 Å². The lowest BCUT2D eigenvalue weighted by Gasteiger charge is -2.16. The van der Waals surface area contributed by atoms with Crippen LogP contribution in [0.4, 0.5) is 0 Å². The number of hydrogen-bond acceptors (Lipinski definition) is 5. The molecule has 0 fully saturated rings. The average Bonchev–Trinajstić information content (AvgIpc) is 2.91. The Hall–Kier alpha value is -4.64. The van der Waals surface area contributed by atoms with E-state index in [9.17, 15) is 9.59 Å². The Morgan fingerprint density at radius 1 is 0.722 bits per heavy atom. The molecule has 0 aliphatic rings. The summed E-state index contributed by atoms with van der Waals surface area (Å²) in [7, 11) is 0. The van der Waals surface area contributed by atoms with Crippen LogP contribution in [0.5, 0.6) is 11.5 Å². The van der Waals surface area contributed by atoms with Gasteiger partial charge in [-0.3, -0.25) is 4.79 Å². The molecule has 0 N–H and O–H groups in total. The van der Waals surface area contributed by atoms with Crippen LogP contribution in [0.25, 0.3) is 22.3 Å². The van der Waals surface area contributed by atoms with Gasteiger partial charge in [-0.05, 0) is 69.8 Å². The van der Waals surface area contributed by atoms with E-state index in [1.807, 2.05) is 91.0 Å². The minimum atomic E-state index is -0.496. The van der Waals surface area contributed by atoms with E-state index in [0.717, 1.165) is 39.5 Å².